The summed E-state index contributed by atoms with van der Waals surface area (Å²) < 4.78 is 18.8. The van der Waals surface area contributed by atoms with Crippen LogP contribution in [0.1, 0.15) is 36.2 Å². The van der Waals surface area contributed by atoms with Crippen molar-refractivity contribution in [1.82, 2.24) is 10.6 Å². The molecule has 2 amide bonds. The highest BCUT2D eigenvalue weighted by Gasteiger charge is 2.15. The lowest BCUT2D eigenvalue weighted by molar-refractivity contribution is 0.172. The summed E-state index contributed by atoms with van der Waals surface area (Å²) in [7, 11) is 0. The number of amides is 2. The first-order valence-corrected chi connectivity index (χ1v) is 7.48. The topological polar surface area (TPSA) is 74.5 Å². The molecule has 23 heavy (non-hydrogen) atoms. The molecule has 3 N–H and O–H groups in total. The van der Waals surface area contributed by atoms with Gasteiger partial charge in [-0.3, -0.25) is 0 Å². The standard InChI is InChI=1S/C16H18ClFN2O3/c1-9-3-6-15(23-9)10(2)20-16(22)19-8-14(21)11-4-5-12(17)13(18)7-11/h3-7,10,14,21H,8H2,1-2H3,(H2,19,20,22). The number of aryl methyl sites for hydroxylation is 1. The first-order valence-electron chi connectivity index (χ1n) is 7.10. The van der Waals surface area contributed by atoms with Crippen LogP contribution < -0.4 is 10.6 Å². The van der Waals surface area contributed by atoms with Crippen molar-refractivity contribution in [2.24, 2.45) is 0 Å². The third-order valence-electron chi connectivity index (χ3n) is 3.32. The summed E-state index contributed by atoms with van der Waals surface area (Å²) in [5, 5.41) is 15.2. The Kier molecular flexibility index (Phi) is 5.63. The highest BCUT2D eigenvalue weighted by Crippen LogP contribution is 2.20. The summed E-state index contributed by atoms with van der Waals surface area (Å²) in [6.07, 6.45) is -1.03. The van der Waals surface area contributed by atoms with E-state index < -0.39 is 18.0 Å². The lowest BCUT2D eigenvalue weighted by Crippen LogP contribution is -2.39. The molecule has 0 saturated carbocycles. The summed E-state index contributed by atoms with van der Waals surface area (Å²) in [4.78, 5) is 11.8. The van der Waals surface area contributed by atoms with E-state index in [2.05, 4.69) is 10.6 Å². The first kappa shape index (κ1) is 17.3. The van der Waals surface area contributed by atoms with E-state index in [1.165, 1.54) is 12.1 Å². The Morgan fingerprint density at radius 3 is 2.74 bits per heavy atom. The Morgan fingerprint density at radius 2 is 2.13 bits per heavy atom. The van der Waals surface area contributed by atoms with E-state index in [9.17, 15) is 14.3 Å². The quantitative estimate of drug-likeness (QED) is 0.780. The molecular formula is C16H18ClFN2O3. The number of furan rings is 1. The molecule has 2 atom stereocenters. The lowest BCUT2D eigenvalue weighted by atomic mass is 10.1. The molecule has 0 bridgehead atoms. The number of halogens is 2. The normalized spacial score (nSPS) is 13.4. The average molecular weight is 341 g/mol. The Labute approximate surface area is 138 Å². The van der Waals surface area contributed by atoms with Crippen molar-refractivity contribution in [2.45, 2.75) is 26.0 Å². The minimum absolute atomic E-state index is 0.0192. The molecule has 0 radical (unpaired) electrons. The van der Waals surface area contributed by atoms with Gasteiger partial charge < -0.3 is 20.2 Å². The van der Waals surface area contributed by atoms with Gasteiger partial charge in [-0.2, -0.15) is 0 Å². The fourth-order valence-electron chi connectivity index (χ4n) is 2.03. The highest BCUT2D eigenvalue weighted by atomic mass is 35.5. The van der Waals surface area contributed by atoms with Crippen molar-refractivity contribution < 1.29 is 18.7 Å². The fraction of sp³-hybridized carbons (Fsp3) is 0.312. The molecule has 1 aromatic heterocycles. The van der Waals surface area contributed by atoms with Gasteiger partial charge in [0.1, 0.15) is 17.3 Å². The third-order valence-corrected chi connectivity index (χ3v) is 3.63. The van der Waals surface area contributed by atoms with Gasteiger partial charge in [0.15, 0.2) is 0 Å². The molecule has 1 aromatic carbocycles. The van der Waals surface area contributed by atoms with Crippen LogP contribution in [0.3, 0.4) is 0 Å². The van der Waals surface area contributed by atoms with Crippen molar-refractivity contribution >= 4 is 17.6 Å². The van der Waals surface area contributed by atoms with E-state index in [-0.39, 0.29) is 17.6 Å². The first-order chi connectivity index (χ1) is 10.9. The van der Waals surface area contributed by atoms with Crippen LogP contribution in [0.4, 0.5) is 9.18 Å². The number of nitrogens with one attached hydrogen (secondary N) is 2. The van der Waals surface area contributed by atoms with Crippen LogP contribution in [0.5, 0.6) is 0 Å². The molecular weight excluding hydrogens is 323 g/mol. The number of hydrogen-bond acceptors (Lipinski definition) is 3. The number of aliphatic hydroxyl groups excluding tert-OH is 1. The van der Waals surface area contributed by atoms with Crippen LogP contribution in [0.2, 0.25) is 5.02 Å². The molecule has 2 rings (SSSR count). The van der Waals surface area contributed by atoms with E-state index >= 15 is 0 Å². The minimum Gasteiger partial charge on any atom is -0.464 e. The molecule has 1 heterocycles. The molecule has 0 spiro atoms. The van der Waals surface area contributed by atoms with E-state index in [0.29, 0.717) is 11.3 Å². The Bertz CT molecular complexity index is 690. The average Bonchev–Trinajstić information content (AvgIpc) is 2.94. The SMILES string of the molecule is Cc1ccc(C(C)NC(=O)NCC(O)c2ccc(Cl)c(F)c2)o1. The van der Waals surface area contributed by atoms with Gasteiger partial charge in [-0.05, 0) is 43.7 Å². The number of carbonyl (C=O) groups is 1. The zero-order valence-electron chi connectivity index (χ0n) is 12.8. The number of rotatable bonds is 5. The van der Waals surface area contributed by atoms with Gasteiger partial charge in [-0.25, -0.2) is 9.18 Å². The van der Waals surface area contributed by atoms with Crippen LogP contribution in [0.25, 0.3) is 0 Å². The molecule has 0 aliphatic carbocycles. The van der Waals surface area contributed by atoms with Crippen LogP contribution in [-0.2, 0) is 0 Å². The zero-order valence-corrected chi connectivity index (χ0v) is 13.5. The predicted molar refractivity (Wildman–Crippen MR) is 84.8 cm³/mol. The van der Waals surface area contributed by atoms with Crippen molar-refractivity contribution in [3.8, 4) is 0 Å². The second-order valence-electron chi connectivity index (χ2n) is 5.21. The summed E-state index contributed by atoms with van der Waals surface area (Å²) in [6, 6.07) is 6.83. The van der Waals surface area contributed by atoms with Crippen molar-refractivity contribution in [3.05, 3.63) is 58.3 Å². The Hall–Kier alpha value is -2.05. The molecule has 0 aliphatic rings. The third kappa shape index (κ3) is 4.71. The molecule has 124 valence electrons. The maximum Gasteiger partial charge on any atom is 0.315 e. The van der Waals surface area contributed by atoms with Crippen molar-refractivity contribution in [3.63, 3.8) is 0 Å². The minimum atomic E-state index is -1.03. The van der Waals surface area contributed by atoms with E-state index in [4.69, 9.17) is 16.0 Å². The van der Waals surface area contributed by atoms with Crippen molar-refractivity contribution in [1.29, 1.82) is 0 Å². The van der Waals surface area contributed by atoms with Gasteiger partial charge in [0.05, 0.1) is 17.2 Å². The van der Waals surface area contributed by atoms with Crippen molar-refractivity contribution in [2.75, 3.05) is 6.54 Å². The molecule has 2 unspecified atom stereocenters. The molecule has 2 aromatic rings. The summed E-state index contributed by atoms with van der Waals surface area (Å²) in [5.41, 5.74) is 0.335. The smallest absolute Gasteiger partial charge is 0.315 e. The highest BCUT2D eigenvalue weighted by molar-refractivity contribution is 6.30. The lowest BCUT2D eigenvalue weighted by Gasteiger charge is -2.15. The van der Waals surface area contributed by atoms with Gasteiger partial charge in [0.2, 0.25) is 0 Å². The van der Waals surface area contributed by atoms with E-state index in [1.807, 2.05) is 13.0 Å². The second-order valence-corrected chi connectivity index (χ2v) is 5.62. The van der Waals surface area contributed by atoms with Crippen LogP contribution >= 0.6 is 11.6 Å². The Morgan fingerprint density at radius 1 is 1.39 bits per heavy atom. The largest absolute Gasteiger partial charge is 0.464 e. The van der Waals surface area contributed by atoms with Gasteiger partial charge in [0.25, 0.3) is 0 Å². The fourth-order valence-corrected chi connectivity index (χ4v) is 2.15. The number of carbonyl (C=O) groups excluding carboxylic acids is 1. The summed E-state index contributed by atoms with van der Waals surface area (Å²) >= 11 is 5.58. The molecule has 5 nitrogen and oxygen atoms in total. The van der Waals surface area contributed by atoms with E-state index in [0.717, 1.165) is 11.8 Å². The van der Waals surface area contributed by atoms with Crippen LogP contribution in [0.15, 0.2) is 34.7 Å². The summed E-state index contributed by atoms with van der Waals surface area (Å²) in [5.74, 6) is 0.779. The molecule has 0 fully saturated rings. The van der Waals surface area contributed by atoms with Crippen LogP contribution in [0, 0.1) is 12.7 Å². The number of urea groups is 1. The predicted octanol–water partition coefficient (Wildman–Crippen LogP) is 3.47. The van der Waals surface area contributed by atoms with Gasteiger partial charge in [0, 0.05) is 6.54 Å². The monoisotopic (exact) mass is 340 g/mol. The maximum absolute atomic E-state index is 13.3. The van der Waals surface area contributed by atoms with Gasteiger partial charge in [-0.1, -0.05) is 17.7 Å². The Balaban J connectivity index is 1.84. The van der Waals surface area contributed by atoms with E-state index in [1.54, 1.807) is 13.0 Å². The molecule has 0 saturated heterocycles. The zero-order chi connectivity index (χ0) is 17.0. The maximum atomic E-state index is 13.3. The van der Waals surface area contributed by atoms with Gasteiger partial charge >= 0.3 is 6.03 Å². The van der Waals surface area contributed by atoms with Crippen LogP contribution in [-0.4, -0.2) is 17.7 Å². The number of hydrogen-bond donors (Lipinski definition) is 3. The number of aliphatic hydroxyl groups is 1. The number of benzene rings is 1. The summed E-state index contributed by atoms with van der Waals surface area (Å²) in [6.45, 7) is 3.54. The molecule has 0 aliphatic heterocycles. The van der Waals surface area contributed by atoms with Gasteiger partial charge in [-0.15, -0.1) is 0 Å². The molecule has 7 heteroatoms. The second kappa shape index (κ2) is 7.48.